The van der Waals surface area contributed by atoms with E-state index in [1.165, 1.54) is 18.4 Å². The summed E-state index contributed by atoms with van der Waals surface area (Å²) in [7, 11) is 0. The van der Waals surface area contributed by atoms with E-state index >= 15 is 0 Å². The Morgan fingerprint density at radius 1 is 1.00 bits per heavy atom. The molecule has 16 heavy (non-hydrogen) atoms. The van der Waals surface area contributed by atoms with Crippen molar-refractivity contribution in [2.75, 3.05) is 0 Å². The predicted molar refractivity (Wildman–Crippen MR) is 68.9 cm³/mol. The molecule has 0 bridgehead atoms. The smallest absolute Gasteiger partial charge is 0.162 e. The van der Waals surface area contributed by atoms with Crippen LogP contribution in [0.25, 0.3) is 0 Å². The SMILES string of the molecule is CCCCC(=O)c1ccc(CCCC)cc1. The number of hydrogen-bond acceptors (Lipinski definition) is 1. The molecule has 0 saturated carbocycles. The van der Waals surface area contributed by atoms with Gasteiger partial charge in [-0.2, -0.15) is 0 Å². The molecule has 0 amide bonds. The maximum atomic E-state index is 11.7. The number of carbonyl (C=O) groups is 1. The lowest BCUT2D eigenvalue weighted by molar-refractivity contribution is 0.0980. The molecule has 1 rings (SSSR count). The van der Waals surface area contributed by atoms with Gasteiger partial charge in [0.05, 0.1) is 0 Å². The van der Waals surface area contributed by atoms with Gasteiger partial charge in [-0.05, 0) is 24.8 Å². The molecule has 0 saturated heterocycles. The van der Waals surface area contributed by atoms with E-state index in [0.29, 0.717) is 6.42 Å². The highest BCUT2D eigenvalue weighted by molar-refractivity contribution is 5.96. The van der Waals surface area contributed by atoms with Crippen molar-refractivity contribution in [2.45, 2.75) is 52.4 Å². The van der Waals surface area contributed by atoms with Crippen molar-refractivity contribution in [1.82, 2.24) is 0 Å². The molecule has 0 heterocycles. The Hall–Kier alpha value is -1.11. The Morgan fingerprint density at radius 3 is 2.19 bits per heavy atom. The Labute approximate surface area is 98.9 Å². The van der Waals surface area contributed by atoms with Gasteiger partial charge in [0.1, 0.15) is 0 Å². The summed E-state index contributed by atoms with van der Waals surface area (Å²) in [5.41, 5.74) is 2.21. The van der Waals surface area contributed by atoms with Crippen molar-refractivity contribution >= 4 is 5.78 Å². The normalized spacial score (nSPS) is 10.4. The van der Waals surface area contributed by atoms with Crippen molar-refractivity contribution in [3.8, 4) is 0 Å². The molecule has 1 heteroatoms. The highest BCUT2D eigenvalue weighted by Gasteiger charge is 2.04. The highest BCUT2D eigenvalue weighted by atomic mass is 16.1. The summed E-state index contributed by atoms with van der Waals surface area (Å²) < 4.78 is 0. The van der Waals surface area contributed by atoms with Gasteiger partial charge in [0.15, 0.2) is 5.78 Å². The average molecular weight is 218 g/mol. The van der Waals surface area contributed by atoms with Gasteiger partial charge in [-0.15, -0.1) is 0 Å². The first-order valence-corrected chi connectivity index (χ1v) is 6.40. The molecule has 88 valence electrons. The van der Waals surface area contributed by atoms with E-state index < -0.39 is 0 Å². The third kappa shape index (κ3) is 4.18. The second kappa shape index (κ2) is 7.21. The Kier molecular flexibility index (Phi) is 5.84. The number of ketones is 1. The van der Waals surface area contributed by atoms with Gasteiger partial charge in [-0.1, -0.05) is 51.0 Å². The van der Waals surface area contributed by atoms with Crippen LogP contribution in [0, 0.1) is 0 Å². The maximum absolute atomic E-state index is 11.7. The molecule has 0 aromatic heterocycles. The third-order valence-electron chi connectivity index (χ3n) is 2.85. The summed E-state index contributed by atoms with van der Waals surface area (Å²) in [6.45, 7) is 4.31. The number of carbonyl (C=O) groups excluding carboxylic acids is 1. The summed E-state index contributed by atoms with van der Waals surface area (Å²) in [4.78, 5) is 11.7. The quantitative estimate of drug-likeness (QED) is 0.620. The summed E-state index contributed by atoms with van der Waals surface area (Å²) in [6, 6.07) is 8.13. The highest BCUT2D eigenvalue weighted by Crippen LogP contribution is 2.11. The molecule has 1 aromatic rings. The minimum Gasteiger partial charge on any atom is -0.294 e. The maximum Gasteiger partial charge on any atom is 0.162 e. The van der Waals surface area contributed by atoms with E-state index in [1.807, 2.05) is 12.1 Å². The number of hydrogen-bond donors (Lipinski definition) is 0. The van der Waals surface area contributed by atoms with E-state index in [2.05, 4.69) is 26.0 Å². The lowest BCUT2D eigenvalue weighted by Crippen LogP contribution is -1.98. The van der Waals surface area contributed by atoms with Crippen molar-refractivity contribution in [3.63, 3.8) is 0 Å². The van der Waals surface area contributed by atoms with Crippen LogP contribution in [-0.2, 0) is 6.42 Å². The van der Waals surface area contributed by atoms with Gasteiger partial charge in [-0.25, -0.2) is 0 Å². The topological polar surface area (TPSA) is 17.1 Å². The Bertz CT molecular complexity index is 311. The largest absolute Gasteiger partial charge is 0.294 e. The fourth-order valence-electron chi connectivity index (χ4n) is 1.72. The summed E-state index contributed by atoms with van der Waals surface area (Å²) >= 11 is 0. The molecule has 0 radical (unpaired) electrons. The molecule has 0 aliphatic carbocycles. The summed E-state index contributed by atoms with van der Waals surface area (Å²) in [5, 5.41) is 0. The molecule has 0 aliphatic rings. The number of rotatable bonds is 7. The minimum absolute atomic E-state index is 0.281. The second-order valence-corrected chi connectivity index (χ2v) is 4.33. The number of Topliss-reactive ketones (excluding diaryl/α,β-unsaturated/α-hetero) is 1. The molecule has 0 fully saturated rings. The zero-order valence-corrected chi connectivity index (χ0v) is 10.5. The summed E-state index contributed by atoms with van der Waals surface area (Å²) in [5.74, 6) is 0.281. The molecular formula is C15H22O. The zero-order valence-electron chi connectivity index (χ0n) is 10.5. The van der Waals surface area contributed by atoms with E-state index in [4.69, 9.17) is 0 Å². The van der Waals surface area contributed by atoms with Crippen molar-refractivity contribution < 1.29 is 4.79 Å². The summed E-state index contributed by atoms with van der Waals surface area (Å²) in [6.07, 6.45) is 6.34. The van der Waals surface area contributed by atoms with Crippen molar-refractivity contribution in [2.24, 2.45) is 0 Å². The fourth-order valence-corrected chi connectivity index (χ4v) is 1.72. The van der Waals surface area contributed by atoms with Crippen LogP contribution in [0.1, 0.15) is 61.9 Å². The first-order chi connectivity index (χ1) is 7.77. The van der Waals surface area contributed by atoms with Gasteiger partial charge in [-0.3, -0.25) is 4.79 Å². The van der Waals surface area contributed by atoms with Crippen LogP contribution in [0.3, 0.4) is 0 Å². The predicted octanol–water partition coefficient (Wildman–Crippen LogP) is 4.40. The van der Waals surface area contributed by atoms with E-state index in [-0.39, 0.29) is 5.78 Å². The van der Waals surface area contributed by atoms with Gasteiger partial charge >= 0.3 is 0 Å². The monoisotopic (exact) mass is 218 g/mol. The molecule has 1 aromatic carbocycles. The van der Waals surface area contributed by atoms with E-state index in [9.17, 15) is 4.79 Å². The Balaban J connectivity index is 2.53. The number of unbranched alkanes of at least 4 members (excludes halogenated alkanes) is 2. The van der Waals surface area contributed by atoms with Gasteiger partial charge in [0.25, 0.3) is 0 Å². The van der Waals surface area contributed by atoms with Gasteiger partial charge in [0, 0.05) is 12.0 Å². The van der Waals surface area contributed by atoms with Crippen LogP contribution >= 0.6 is 0 Å². The zero-order chi connectivity index (χ0) is 11.8. The molecular weight excluding hydrogens is 196 g/mol. The van der Waals surface area contributed by atoms with Crippen LogP contribution in [0.5, 0.6) is 0 Å². The van der Waals surface area contributed by atoms with Gasteiger partial charge < -0.3 is 0 Å². The lowest BCUT2D eigenvalue weighted by Gasteiger charge is -2.03. The van der Waals surface area contributed by atoms with E-state index in [1.54, 1.807) is 0 Å². The average Bonchev–Trinajstić information content (AvgIpc) is 2.34. The minimum atomic E-state index is 0.281. The molecule has 0 atom stereocenters. The van der Waals surface area contributed by atoms with Crippen LogP contribution in [0.2, 0.25) is 0 Å². The third-order valence-corrected chi connectivity index (χ3v) is 2.85. The standard InChI is InChI=1S/C15H22O/c1-3-5-7-13-9-11-14(12-10-13)15(16)8-6-4-2/h9-12H,3-8H2,1-2H3. The Morgan fingerprint density at radius 2 is 1.62 bits per heavy atom. The number of benzene rings is 1. The van der Waals surface area contributed by atoms with Gasteiger partial charge in [0.2, 0.25) is 0 Å². The molecule has 0 aliphatic heterocycles. The molecule has 0 spiro atoms. The number of aryl methyl sites for hydroxylation is 1. The van der Waals surface area contributed by atoms with Crippen molar-refractivity contribution in [1.29, 1.82) is 0 Å². The molecule has 0 N–H and O–H groups in total. The molecule has 1 nitrogen and oxygen atoms in total. The first kappa shape index (κ1) is 13.0. The van der Waals surface area contributed by atoms with Crippen LogP contribution in [-0.4, -0.2) is 5.78 Å². The van der Waals surface area contributed by atoms with E-state index in [0.717, 1.165) is 24.8 Å². The van der Waals surface area contributed by atoms with Crippen LogP contribution in [0.15, 0.2) is 24.3 Å². The van der Waals surface area contributed by atoms with Crippen LogP contribution in [0.4, 0.5) is 0 Å². The van der Waals surface area contributed by atoms with Crippen LogP contribution < -0.4 is 0 Å². The molecule has 0 unspecified atom stereocenters. The fraction of sp³-hybridized carbons (Fsp3) is 0.533. The lowest BCUT2D eigenvalue weighted by atomic mass is 10.0. The first-order valence-electron chi connectivity index (χ1n) is 6.40. The van der Waals surface area contributed by atoms with Crippen molar-refractivity contribution in [3.05, 3.63) is 35.4 Å². The second-order valence-electron chi connectivity index (χ2n) is 4.33.